The van der Waals surface area contributed by atoms with E-state index in [9.17, 15) is 4.79 Å². The van der Waals surface area contributed by atoms with Crippen molar-refractivity contribution in [2.24, 2.45) is 0 Å². The molecule has 0 spiro atoms. The first-order valence-electron chi connectivity index (χ1n) is 8.21. The first-order valence-corrected chi connectivity index (χ1v) is 8.21. The third kappa shape index (κ3) is 3.02. The third-order valence-corrected chi connectivity index (χ3v) is 4.21. The van der Waals surface area contributed by atoms with Crippen molar-refractivity contribution in [2.75, 3.05) is 6.54 Å². The van der Waals surface area contributed by atoms with Gasteiger partial charge in [-0.25, -0.2) is 9.97 Å². The van der Waals surface area contributed by atoms with Crippen LogP contribution in [0.25, 0.3) is 11.6 Å². The van der Waals surface area contributed by atoms with Crippen LogP contribution in [0.1, 0.15) is 47.5 Å². The fraction of sp³-hybridized carbons (Fsp3) is 0.353. The Morgan fingerprint density at radius 3 is 2.80 bits per heavy atom. The Morgan fingerprint density at radius 1 is 1.20 bits per heavy atom. The zero-order valence-corrected chi connectivity index (χ0v) is 13.8. The number of carbonyl (C=O) groups is 1. The number of hydrogen-bond acceptors (Lipinski definition) is 7. The molecule has 0 bridgehead atoms. The molecule has 1 fully saturated rings. The third-order valence-electron chi connectivity index (χ3n) is 4.21. The summed E-state index contributed by atoms with van der Waals surface area (Å²) >= 11 is 0. The molecule has 1 unspecified atom stereocenters. The molecular formula is C17H17N5O3. The summed E-state index contributed by atoms with van der Waals surface area (Å²) in [6, 6.07) is 4.93. The standard InChI is InChI=1S/C17H17N5O3/c1-11-6-7-13(24-11)17(23)22-10-3-2-5-12(22)16-20-15(21-25-16)14-18-8-4-9-19-14/h4,6-9,12H,2-3,5,10H2,1H3. The number of rotatable bonds is 3. The average Bonchev–Trinajstić information content (AvgIpc) is 3.31. The Morgan fingerprint density at radius 2 is 2.04 bits per heavy atom. The van der Waals surface area contributed by atoms with Gasteiger partial charge in [-0.1, -0.05) is 5.16 Å². The molecule has 0 radical (unpaired) electrons. The van der Waals surface area contributed by atoms with Crippen molar-refractivity contribution < 1.29 is 13.7 Å². The Kier molecular flexibility index (Phi) is 4.01. The SMILES string of the molecule is Cc1ccc(C(=O)N2CCCCC2c2nc(-c3ncccn3)no2)o1. The van der Waals surface area contributed by atoms with Gasteiger partial charge in [-0.3, -0.25) is 4.79 Å². The molecule has 1 aliphatic heterocycles. The zero-order chi connectivity index (χ0) is 17.2. The predicted molar refractivity (Wildman–Crippen MR) is 86.4 cm³/mol. The molecule has 0 aliphatic carbocycles. The highest BCUT2D eigenvalue weighted by molar-refractivity contribution is 5.91. The molecule has 3 aromatic rings. The Hall–Kier alpha value is -3.03. The van der Waals surface area contributed by atoms with Crippen LogP contribution in [0.15, 0.2) is 39.5 Å². The Labute approximate surface area is 143 Å². The van der Waals surface area contributed by atoms with E-state index in [1.54, 1.807) is 35.5 Å². The van der Waals surface area contributed by atoms with E-state index in [2.05, 4.69) is 20.1 Å². The van der Waals surface area contributed by atoms with E-state index in [4.69, 9.17) is 8.94 Å². The minimum atomic E-state index is -0.267. The molecule has 1 atom stereocenters. The van der Waals surface area contributed by atoms with Crippen molar-refractivity contribution in [1.29, 1.82) is 0 Å². The van der Waals surface area contributed by atoms with E-state index in [-0.39, 0.29) is 11.9 Å². The molecule has 1 amide bonds. The highest BCUT2D eigenvalue weighted by Gasteiger charge is 2.34. The zero-order valence-electron chi connectivity index (χ0n) is 13.8. The van der Waals surface area contributed by atoms with Gasteiger partial charge in [0.1, 0.15) is 11.8 Å². The van der Waals surface area contributed by atoms with E-state index in [1.165, 1.54) is 0 Å². The van der Waals surface area contributed by atoms with Gasteiger partial charge in [-0.15, -0.1) is 0 Å². The smallest absolute Gasteiger partial charge is 0.290 e. The Bertz CT molecular complexity index is 873. The maximum atomic E-state index is 12.8. The topological polar surface area (TPSA) is 98.2 Å². The minimum Gasteiger partial charge on any atom is -0.456 e. The highest BCUT2D eigenvalue weighted by Crippen LogP contribution is 2.32. The minimum absolute atomic E-state index is 0.159. The van der Waals surface area contributed by atoms with Crippen LogP contribution in [0.4, 0.5) is 0 Å². The molecule has 0 aromatic carbocycles. The lowest BCUT2D eigenvalue weighted by Gasteiger charge is -2.32. The summed E-state index contributed by atoms with van der Waals surface area (Å²) in [6.45, 7) is 2.44. The molecule has 25 heavy (non-hydrogen) atoms. The molecule has 0 N–H and O–H groups in total. The van der Waals surface area contributed by atoms with Gasteiger partial charge in [-0.2, -0.15) is 4.98 Å². The lowest BCUT2D eigenvalue weighted by atomic mass is 10.0. The van der Waals surface area contributed by atoms with E-state index in [0.29, 0.717) is 35.6 Å². The van der Waals surface area contributed by atoms with Crippen molar-refractivity contribution in [1.82, 2.24) is 25.0 Å². The molecule has 128 valence electrons. The number of piperidine rings is 1. The fourth-order valence-electron chi connectivity index (χ4n) is 3.00. The average molecular weight is 339 g/mol. The first-order chi connectivity index (χ1) is 12.2. The molecule has 1 saturated heterocycles. The number of amides is 1. The van der Waals surface area contributed by atoms with E-state index < -0.39 is 0 Å². The van der Waals surface area contributed by atoms with Crippen LogP contribution in [0.2, 0.25) is 0 Å². The summed E-state index contributed by atoms with van der Waals surface area (Å²) in [4.78, 5) is 27.2. The van der Waals surface area contributed by atoms with Crippen molar-refractivity contribution >= 4 is 5.91 Å². The molecule has 0 saturated carbocycles. The van der Waals surface area contributed by atoms with Gasteiger partial charge in [0.2, 0.25) is 17.5 Å². The summed E-state index contributed by atoms with van der Waals surface area (Å²) in [5, 5.41) is 3.96. The summed E-state index contributed by atoms with van der Waals surface area (Å²) in [5.41, 5.74) is 0. The maximum Gasteiger partial charge on any atom is 0.290 e. The summed E-state index contributed by atoms with van der Waals surface area (Å²) in [7, 11) is 0. The van der Waals surface area contributed by atoms with Crippen LogP contribution in [-0.2, 0) is 0 Å². The second-order valence-corrected chi connectivity index (χ2v) is 5.95. The van der Waals surface area contributed by atoms with Crippen LogP contribution < -0.4 is 0 Å². The number of carbonyl (C=O) groups excluding carboxylic acids is 1. The van der Waals surface area contributed by atoms with Crippen LogP contribution in [0, 0.1) is 6.92 Å². The predicted octanol–water partition coefficient (Wildman–Crippen LogP) is 2.80. The summed E-state index contributed by atoms with van der Waals surface area (Å²) in [6.07, 6.45) is 5.93. The second kappa shape index (κ2) is 6.46. The highest BCUT2D eigenvalue weighted by atomic mass is 16.5. The van der Waals surface area contributed by atoms with Gasteiger partial charge in [0, 0.05) is 18.9 Å². The number of aryl methyl sites for hydroxylation is 1. The van der Waals surface area contributed by atoms with Crippen molar-refractivity contribution in [3.05, 3.63) is 48.0 Å². The number of nitrogens with zero attached hydrogens (tertiary/aromatic N) is 5. The van der Waals surface area contributed by atoms with Gasteiger partial charge >= 0.3 is 0 Å². The van der Waals surface area contributed by atoms with Gasteiger partial charge in [-0.05, 0) is 44.4 Å². The molecule has 4 rings (SSSR count). The fourth-order valence-corrected chi connectivity index (χ4v) is 3.00. The van der Waals surface area contributed by atoms with Gasteiger partial charge in [0.15, 0.2) is 5.76 Å². The lowest BCUT2D eigenvalue weighted by molar-refractivity contribution is 0.0528. The van der Waals surface area contributed by atoms with E-state index in [1.807, 2.05) is 6.92 Å². The molecule has 8 nitrogen and oxygen atoms in total. The summed E-state index contributed by atoms with van der Waals surface area (Å²) in [5.74, 6) is 2.00. The van der Waals surface area contributed by atoms with Crippen molar-refractivity contribution in [2.45, 2.75) is 32.2 Å². The quantitative estimate of drug-likeness (QED) is 0.723. The van der Waals surface area contributed by atoms with E-state index >= 15 is 0 Å². The molecule has 1 aliphatic rings. The number of aromatic nitrogens is 4. The summed E-state index contributed by atoms with van der Waals surface area (Å²) < 4.78 is 10.9. The van der Waals surface area contributed by atoms with Crippen LogP contribution in [-0.4, -0.2) is 37.5 Å². The second-order valence-electron chi connectivity index (χ2n) is 5.95. The molecule has 8 heteroatoms. The van der Waals surface area contributed by atoms with Crippen LogP contribution in [0.5, 0.6) is 0 Å². The normalized spacial score (nSPS) is 17.6. The van der Waals surface area contributed by atoms with Crippen molar-refractivity contribution in [3.63, 3.8) is 0 Å². The molecular weight excluding hydrogens is 322 g/mol. The van der Waals surface area contributed by atoms with Crippen molar-refractivity contribution in [3.8, 4) is 11.6 Å². The van der Waals surface area contributed by atoms with Gasteiger partial charge in [0.05, 0.1) is 0 Å². The number of likely N-dealkylation sites (tertiary alicyclic amines) is 1. The van der Waals surface area contributed by atoms with Gasteiger partial charge < -0.3 is 13.8 Å². The number of hydrogen-bond donors (Lipinski definition) is 0. The van der Waals surface area contributed by atoms with Crippen LogP contribution in [0.3, 0.4) is 0 Å². The lowest BCUT2D eigenvalue weighted by Crippen LogP contribution is -2.38. The first kappa shape index (κ1) is 15.5. The molecule has 3 aromatic heterocycles. The number of furan rings is 1. The van der Waals surface area contributed by atoms with Gasteiger partial charge in [0.25, 0.3) is 5.91 Å². The van der Waals surface area contributed by atoms with E-state index in [0.717, 1.165) is 19.3 Å². The monoisotopic (exact) mass is 339 g/mol. The molecule has 4 heterocycles. The van der Waals surface area contributed by atoms with Crippen LogP contribution >= 0.6 is 0 Å². The Balaban J connectivity index is 1.61. The maximum absolute atomic E-state index is 12.8. The largest absolute Gasteiger partial charge is 0.456 e.